The fourth-order valence-corrected chi connectivity index (χ4v) is 3.47. The molecule has 1 aromatic carbocycles. The monoisotopic (exact) mass is 489 g/mol. The van der Waals surface area contributed by atoms with Crippen LogP contribution in [-0.4, -0.2) is 59.9 Å². The Hall–Kier alpha value is -3.67. The molecule has 1 aliphatic rings. The van der Waals surface area contributed by atoms with E-state index in [1.807, 2.05) is 13.8 Å². The summed E-state index contributed by atoms with van der Waals surface area (Å²) in [6.45, 7) is 7.08. The smallest absolute Gasteiger partial charge is 0.378 e. The Balaban J connectivity index is 1.50. The van der Waals surface area contributed by atoms with Crippen molar-refractivity contribution in [1.29, 1.82) is 0 Å². The molecule has 0 bridgehead atoms. The Bertz CT molecular complexity index is 1200. The summed E-state index contributed by atoms with van der Waals surface area (Å²) in [7, 11) is 0. The number of morpholine rings is 1. The van der Waals surface area contributed by atoms with Crippen LogP contribution in [-0.2, 0) is 10.9 Å². The lowest BCUT2D eigenvalue weighted by Crippen LogP contribution is -2.37. The van der Waals surface area contributed by atoms with Crippen molar-refractivity contribution >= 4 is 34.4 Å². The van der Waals surface area contributed by atoms with Crippen LogP contribution in [0.4, 0.5) is 24.8 Å². The zero-order valence-corrected chi connectivity index (χ0v) is 19.3. The maximum atomic E-state index is 13.0. The van der Waals surface area contributed by atoms with Gasteiger partial charge in [0.25, 0.3) is 5.91 Å². The number of guanidine groups is 1. The Morgan fingerprint density at radius 3 is 2.66 bits per heavy atom. The van der Waals surface area contributed by atoms with Crippen LogP contribution in [0.15, 0.2) is 41.5 Å². The number of H-pyrrole nitrogens is 1. The van der Waals surface area contributed by atoms with E-state index in [1.165, 1.54) is 12.3 Å². The number of carbonyl (C=O) groups is 1. The van der Waals surface area contributed by atoms with Crippen molar-refractivity contribution in [3.8, 4) is 0 Å². The first-order chi connectivity index (χ1) is 16.7. The van der Waals surface area contributed by atoms with Gasteiger partial charge in [0.2, 0.25) is 5.96 Å². The van der Waals surface area contributed by atoms with Gasteiger partial charge in [0.05, 0.1) is 29.9 Å². The molecule has 1 saturated heterocycles. The van der Waals surface area contributed by atoms with Crippen molar-refractivity contribution in [2.75, 3.05) is 43.1 Å². The van der Waals surface area contributed by atoms with Crippen LogP contribution in [0.1, 0.15) is 29.8 Å². The lowest BCUT2D eigenvalue weighted by molar-refractivity contribution is -0.137. The van der Waals surface area contributed by atoms with Gasteiger partial charge in [0.1, 0.15) is 5.82 Å². The zero-order chi connectivity index (χ0) is 25.0. The van der Waals surface area contributed by atoms with E-state index in [2.05, 4.69) is 35.7 Å². The molecular formula is C23H26F3N7O2. The van der Waals surface area contributed by atoms with Crippen molar-refractivity contribution in [3.05, 3.63) is 47.7 Å². The Kier molecular flexibility index (Phi) is 7.20. The Morgan fingerprint density at radius 2 is 2.00 bits per heavy atom. The molecule has 0 radical (unpaired) electrons. The summed E-state index contributed by atoms with van der Waals surface area (Å²) in [6.07, 6.45) is -2.97. The highest BCUT2D eigenvalue weighted by Gasteiger charge is 2.31. The molecule has 0 unspecified atom stereocenters. The van der Waals surface area contributed by atoms with Gasteiger partial charge in [0.15, 0.2) is 5.82 Å². The van der Waals surface area contributed by atoms with Gasteiger partial charge in [-0.1, -0.05) is 13.8 Å². The number of aliphatic imine (C=N–C) groups is 1. The summed E-state index contributed by atoms with van der Waals surface area (Å²) in [4.78, 5) is 23.8. The van der Waals surface area contributed by atoms with E-state index < -0.39 is 17.6 Å². The van der Waals surface area contributed by atoms with Crippen LogP contribution in [0.25, 0.3) is 10.9 Å². The highest BCUT2D eigenvalue weighted by atomic mass is 19.4. The number of nitrogens with zero attached hydrogens (tertiary/aromatic N) is 4. The van der Waals surface area contributed by atoms with Crippen molar-refractivity contribution in [2.24, 2.45) is 10.9 Å². The van der Waals surface area contributed by atoms with Crippen LogP contribution in [0, 0.1) is 5.92 Å². The van der Waals surface area contributed by atoms with Gasteiger partial charge in [-0.25, -0.2) is 4.98 Å². The quantitative estimate of drug-likeness (QED) is 0.373. The largest absolute Gasteiger partial charge is 0.416 e. The molecule has 3 aromatic rings. The number of hydrogen-bond donors (Lipinski definition) is 3. The number of fused-ring (bicyclic) bond motifs is 1. The van der Waals surface area contributed by atoms with Gasteiger partial charge in [-0.05, 0) is 36.2 Å². The molecule has 0 aliphatic carbocycles. The second-order valence-electron chi connectivity index (χ2n) is 8.50. The minimum absolute atomic E-state index is 0.134. The number of benzene rings is 1. The molecule has 0 atom stereocenters. The second kappa shape index (κ2) is 10.3. The third-order valence-corrected chi connectivity index (χ3v) is 5.32. The summed E-state index contributed by atoms with van der Waals surface area (Å²) >= 11 is 0. The molecule has 4 rings (SSSR count). The molecule has 2 aromatic heterocycles. The number of halogens is 3. The number of ether oxygens (including phenoxy) is 1. The maximum Gasteiger partial charge on any atom is 0.416 e. The number of amides is 1. The molecule has 35 heavy (non-hydrogen) atoms. The first-order valence-corrected chi connectivity index (χ1v) is 11.2. The molecule has 12 heteroatoms. The average Bonchev–Trinajstić information content (AvgIpc) is 3.24. The number of carbonyl (C=O) groups excluding carboxylic acids is 1. The molecule has 3 N–H and O–H groups in total. The van der Waals surface area contributed by atoms with E-state index >= 15 is 0 Å². The van der Waals surface area contributed by atoms with Gasteiger partial charge in [-0.3, -0.25) is 20.2 Å². The fourth-order valence-electron chi connectivity index (χ4n) is 3.47. The van der Waals surface area contributed by atoms with Crippen LogP contribution >= 0.6 is 0 Å². The summed E-state index contributed by atoms with van der Waals surface area (Å²) in [5.74, 6) is 0.924. The van der Waals surface area contributed by atoms with Crippen LogP contribution < -0.4 is 15.5 Å². The summed E-state index contributed by atoms with van der Waals surface area (Å²) in [5.41, 5.74) is -0.238. The maximum absolute atomic E-state index is 13.0. The number of rotatable bonds is 5. The van der Waals surface area contributed by atoms with Gasteiger partial charge >= 0.3 is 6.18 Å². The molecular weight excluding hydrogens is 463 g/mol. The van der Waals surface area contributed by atoms with Crippen molar-refractivity contribution in [2.45, 2.75) is 20.0 Å². The summed E-state index contributed by atoms with van der Waals surface area (Å²) in [6, 6.07) is 6.74. The number of nitrogens with one attached hydrogen (secondary N) is 3. The van der Waals surface area contributed by atoms with E-state index in [1.54, 1.807) is 12.1 Å². The number of hydrogen-bond acceptors (Lipinski definition) is 6. The van der Waals surface area contributed by atoms with E-state index in [9.17, 15) is 18.0 Å². The van der Waals surface area contributed by atoms with Crippen LogP contribution in [0.5, 0.6) is 0 Å². The highest BCUT2D eigenvalue weighted by molar-refractivity contribution is 6.11. The normalized spacial score (nSPS) is 15.0. The third-order valence-electron chi connectivity index (χ3n) is 5.32. The molecule has 1 fully saturated rings. The molecule has 0 spiro atoms. The molecule has 1 amide bonds. The average molecular weight is 490 g/mol. The molecule has 0 saturated carbocycles. The molecule has 3 heterocycles. The van der Waals surface area contributed by atoms with Crippen LogP contribution in [0.2, 0.25) is 0 Å². The standard InChI is InChI=1S/C23H26F3N7O2/c1-14(2)12-28-22(29-20-17-5-4-16(23(24,25)26)11-18(17)31-32-20)30-21(34)15-3-6-19(27-13-15)33-7-9-35-10-8-33/h3-6,11,13-14H,7-10,12H2,1-2H3,(H3,28,29,30,31,32,34). The first-order valence-electron chi connectivity index (χ1n) is 11.2. The van der Waals surface area contributed by atoms with Gasteiger partial charge in [0, 0.05) is 31.2 Å². The summed E-state index contributed by atoms with van der Waals surface area (Å²) < 4.78 is 44.4. The number of alkyl halides is 3. The number of aromatic nitrogens is 3. The zero-order valence-electron chi connectivity index (χ0n) is 19.3. The number of aromatic amines is 1. The van der Waals surface area contributed by atoms with Gasteiger partial charge in [-0.2, -0.15) is 18.3 Å². The Morgan fingerprint density at radius 1 is 1.23 bits per heavy atom. The Labute approximate surface area is 199 Å². The van der Waals surface area contributed by atoms with Crippen molar-refractivity contribution in [3.63, 3.8) is 0 Å². The predicted molar refractivity (Wildman–Crippen MR) is 127 cm³/mol. The third kappa shape index (κ3) is 6.07. The van der Waals surface area contributed by atoms with E-state index in [4.69, 9.17) is 4.74 Å². The van der Waals surface area contributed by atoms with E-state index in [0.717, 1.165) is 31.0 Å². The minimum atomic E-state index is -4.46. The number of anilines is 2. The first kappa shape index (κ1) is 24.5. The number of pyridine rings is 1. The van der Waals surface area contributed by atoms with Crippen LogP contribution in [0.3, 0.4) is 0 Å². The predicted octanol–water partition coefficient (Wildman–Crippen LogP) is 3.67. The van der Waals surface area contributed by atoms with Crippen molar-refractivity contribution in [1.82, 2.24) is 20.5 Å². The lowest BCUT2D eigenvalue weighted by Gasteiger charge is -2.27. The van der Waals surface area contributed by atoms with E-state index in [0.29, 0.717) is 30.7 Å². The molecule has 1 aliphatic heterocycles. The van der Waals surface area contributed by atoms with E-state index in [-0.39, 0.29) is 23.2 Å². The topological polar surface area (TPSA) is 108 Å². The SMILES string of the molecule is CC(C)CN=C(NC(=O)c1ccc(N2CCOCC2)nc1)Nc1n[nH]c2cc(C(F)(F)F)ccc12. The molecule has 186 valence electrons. The highest BCUT2D eigenvalue weighted by Crippen LogP contribution is 2.32. The van der Waals surface area contributed by atoms with Crippen molar-refractivity contribution < 1.29 is 22.7 Å². The molecule has 9 nitrogen and oxygen atoms in total. The van der Waals surface area contributed by atoms with Gasteiger partial charge in [-0.15, -0.1) is 0 Å². The minimum Gasteiger partial charge on any atom is -0.378 e. The van der Waals surface area contributed by atoms with Gasteiger partial charge < -0.3 is 15.0 Å². The summed E-state index contributed by atoms with van der Waals surface area (Å²) in [5, 5.41) is 12.7. The second-order valence-corrected chi connectivity index (χ2v) is 8.50. The fraction of sp³-hybridized carbons (Fsp3) is 0.391. The lowest BCUT2D eigenvalue weighted by atomic mass is 10.1.